The maximum Gasteiger partial charge on any atom is 0.308 e. The summed E-state index contributed by atoms with van der Waals surface area (Å²) in [5.41, 5.74) is 0.700. The van der Waals surface area contributed by atoms with Crippen LogP contribution in [0.2, 0.25) is 5.02 Å². The van der Waals surface area contributed by atoms with Crippen molar-refractivity contribution in [1.82, 2.24) is 4.72 Å². The third kappa shape index (κ3) is 4.56. The van der Waals surface area contributed by atoms with Gasteiger partial charge in [0.2, 0.25) is 10.0 Å². The summed E-state index contributed by atoms with van der Waals surface area (Å²) in [5, 5.41) is 10.7. The molecule has 1 fully saturated rings. The number of aliphatic carboxylic acids is 1. The maximum absolute atomic E-state index is 12.0. The Labute approximate surface area is 128 Å². The van der Waals surface area contributed by atoms with Crippen molar-refractivity contribution in [3.8, 4) is 0 Å². The van der Waals surface area contributed by atoms with Crippen molar-refractivity contribution in [2.24, 2.45) is 5.92 Å². The SMILES string of the molecule is O=C(O)C1CCCC1NS(=O)(=O)C=Cc1ccc(Cl)cc1. The lowest BCUT2D eigenvalue weighted by Crippen LogP contribution is -2.39. The number of halogens is 1. The Morgan fingerprint density at radius 1 is 1.29 bits per heavy atom. The van der Waals surface area contributed by atoms with Crippen LogP contribution in [0.1, 0.15) is 24.8 Å². The molecule has 1 aliphatic rings. The molecule has 0 amide bonds. The fourth-order valence-electron chi connectivity index (χ4n) is 2.39. The van der Waals surface area contributed by atoms with E-state index in [-0.39, 0.29) is 0 Å². The molecule has 2 atom stereocenters. The van der Waals surface area contributed by atoms with Gasteiger partial charge in [0.05, 0.1) is 5.92 Å². The summed E-state index contributed by atoms with van der Waals surface area (Å²) in [5.74, 6) is -1.61. The summed E-state index contributed by atoms with van der Waals surface area (Å²) < 4.78 is 26.4. The van der Waals surface area contributed by atoms with E-state index >= 15 is 0 Å². The minimum atomic E-state index is -3.67. The highest BCUT2D eigenvalue weighted by atomic mass is 35.5. The zero-order chi connectivity index (χ0) is 15.5. The highest BCUT2D eigenvalue weighted by Gasteiger charge is 2.34. The van der Waals surface area contributed by atoms with Crippen molar-refractivity contribution in [1.29, 1.82) is 0 Å². The van der Waals surface area contributed by atoms with Gasteiger partial charge in [-0.1, -0.05) is 30.2 Å². The Balaban J connectivity index is 2.05. The van der Waals surface area contributed by atoms with Crippen molar-refractivity contribution in [3.05, 3.63) is 40.3 Å². The van der Waals surface area contributed by atoms with Gasteiger partial charge in [0.1, 0.15) is 0 Å². The van der Waals surface area contributed by atoms with Crippen molar-refractivity contribution in [3.63, 3.8) is 0 Å². The van der Waals surface area contributed by atoms with E-state index in [0.29, 0.717) is 29.8 Å². The molecule has 1 aliphatic carbocycles. The second-order valence-electron chi connectivity index (χ2n) is 5.00. The maximum atomic E-state index is 12.0. The van der Waals surface area contributed by atoms with Gasteiger partial charge in [-0.25, -0.2) is 13.1 Å². The zero-order valence-corrected chi connectivity index (χ0v) is 12.8. The predicted octanol–water partition coefficient (Wildman–Crippen LogP) is 2.48. The van der Waals surface area contributed by atoms with Gasteiger partial charge in [-0.15, -0.1) is 0 Å². The van der Waals surface area contributed by atoms with E-state index in [4.69, 9.17) is 16.7 Å². The van der Waals surface area contributed by atoms with Crippen LogP contribution >= 0.6 is 11.6 Å². The van der Waals surface area contributed by atoms with Crippen LogP contribution in [0.25, 0.3) is 6.08 Å². The van der Waals surface area contributed by atoms with E-state index in [1.54, 1.807) is 24.3 Å². The first-order valence-corrected chi connectivity index (χ1v) is 8.48. The smallest absolute Gasteiger partial charge is 0.308 e. The summed E-state index contributed by atoms with van der Waals surface area (Å²) in [6, 6.07) is 6.19. The van der Waals surface area contributed by atoms with Crippen LogP contribution in [-0.4, -0.2) is 25.5 Å². The van der Waals surface area contributed by atoms with E-state index in [1.165, 1.54) is 6.08 Å². The first-order valence-electron chi connectivity index (χ1n) is 6.56. The molecule has 0 heterocycles. The second-order valence-corrected chi connectivity index (χ2v) is 7.03. The molecule has 1 aromatic rings. The fourth-order valence-corrected chi connectivity index (χ4v) is 3.63. The second kappa shape index (κ2) is 6.60. The van der Waals surface area contributed by atoms with Gasteiger partial charge in [0.15, 0.2) is 0 Å². The molecular formula is C14H16ClNO4S. The Kier molecular flexibility index (Phi) is 5.03. The minimum Gasteiger partial charge on any atom is -0.481 e. The number of hydrogen-bond donors (Lipinski definition) is 2. The van der Waals surface area contributed by atoms with Crippen LogP contribution < -0.4 is 4.72 Å². The molecule has 0 saturated heterocycles. The number of hydrogen-bond acceptors (Lipinski definition) is 3. The molecule has 2 N–H and O–H groups in total. The average Bonchev–Trinajstić information content (AvgIpc) is 2.85. The number of rotatable bonds is 5. The van der Waals surface area contributed by atoms with Crippen molar-refractivity contribution >= 4 is 33.7 Å². The fraction of sp³-hybridized carbons (Fsp3) is 0.357. The number of benzene rings is 1. The van der Waals surface area contributed by atoms with Gasteiger partial charge < -0.3 is 5.11 Å². The quantitative estimate of drug-likeness (QED) is 0.869. The van der Waals surface area contributed by atoms with E-state index in [1.807, 2.05) is 0 Å². The molecular weight excluding hydrogens is 314 g/mol. The molecule has 0 bridgehead atoms. The lowest BCUT2D eigenvalue weighted by Gasteiger charge is -2.16. The van der Waals surface area contributed by atoms with E-state index < -0.39 is 28.0 Å². The molecule has 5 nitrogen and oxygen atoms in total. The topological polar surface area (TPSA) is 83.5 Å². The molecule has 2 unspecified atom stereocenters. The Morgan fingerprint density at radius 3 is 2.57 bits per heavy atom. The first-order chi connectivity index (χ1) is 9.87. The number of nitrogens with one attached hydrogen (secondary N) is 1. The summed E-state index contributed by atoms with van der Waals surface area (Å²) in [7, 11) is -3.67. The van der Waals surface area contributed by atoms with E-state index in [2.05, 4.69) is 4.72 Å². The summed E-state index contributed by atoms with van der Waals surface area (Å²) in [4.78, 5) is 11.0. The highest BCUT2D eigenvalue weighted by Crippen LogP contribution is 2.26. The normalized spacial score (nSPS) is 22.7. The van der Waals surface area contributed by atoms with E-state index in [9.17, 15) is 13.2 Å². The number of carbonyl (C=O) groups is 1. The monoisotopic (exact) mass is 329 g/mol. The van der Waals surface area contributed by atoms with Crippen LogP contribution in [0.15, 0.2) is 29.7 Å². The highest BCUT2D eigenvalue weighted by molar-refractivity contribution is 7.92. The number of sulfonamides is 1. The molecule has 1 saturated carbocycles. The van der Waals surface area contributed by atoms with Crippen LogP contribution in [0.5, 0.6) is 0 Å². The van der Waals surface area contributed by atoms with Gasteiger partial charge in [-0.05, 0) is 36.6 Å². The van der Waals surface area contributed by atoms with Gasteiger partial charge >= 0.3 is 5.97 Å². The van der Waals surface area contributed by atoms with Crippen LogP contribution in [0.3, 0.4) is 0 Å². The minimum absolute atomic E-state index is 0.503. The van der Waals surface area contributed by atoms with Gasteiger partial charge in [-0.2, -0.15) is 0 Å². The van der Waals surface area contributed by atoms with Gasteiger partial charge in [0, 0.05) is 16.5 Å². The third-order valence-electron chi connectivity index (χ3n) is 3.46. The summed E-state index contributed by atoms with van der Waals surface area (Å²) in [6.07, 6.45) is 3.21. The van der Waals surface area contributed by atoms with Gasteiger partial charge in [0.25, 0.3) is 0 Å². The molecule has 0 aromatic heterocycles. The largest absolute Gasteiger partial charge is 0.481 e. The molecule has 1 aromatic carbocycles. The van der Waals surface area contributed by atoms with Gasteiger partial charge in [-0.3, -0.25) is 4.79 Å². The van der Waals surface area contributed by atoms with Crippen LogP contribution in [0, 0.1) is 5.92 Å². The Bertz CT molecular complexity index is 639. The molecule has 7 heteroatoms. The van der Waals surface area contributed by atoms with E-state index in [0.717, 1.165) is 5.41 Å². The average molecular weight is 330 g/mol. The molecule has 114 valence electrons. The zero-order valence-electron chi connectivity index (χ0n) is 11.2. The summed E-state index contributed by atoms with van der Waals surface area (Å²) in [6.45, 7) is 0. The lowest BCUT2D eigenvalue weighted by atomic mass is 10.1. The Morgan fingerprint density at radius 2 is 1.95 bits per heavy atom. The van der Waals surface area contributed by atoms with Crippen LogP contribution in [0.4, 0.5) is 0 Å². The Hall–Kier alpha value is -1.37. The van der Waals surface area contributed by atoms with Crippen molar-refractivity contribution in [2.45, 2.75) is 25.3 Å². The van der Waals surface area contributed by atoms with Crippen molar-refractivity contribution in [2.75, 3.05) is 0 Å². The molecule has 2 rings (SSSR count). The molecule has 0 spiro atoms. The molecule has 0 radical (unpaired) electrons. The molecule has 21 heavy (non-hydrogen) atoms. The lowest BCUT2D eigenvalue weighted by molar-refractivity contribution is -0.141. The predicted molar refractivity (Wildman–Crippen MR) is 81.3 cm³/mol. The third-order valence-corrected chi connectivity index (χ3v) is 4.84. The standard InChI is InChI=1S/C14H16ClNO4S/c15-11-6-4-10(5-7-11)8-9-21(19,20)16-13-3-1-2-12(13)14(17)18/h4-9,12-13,16H,1-3H2,(H,17,18). The number of carboxylic acids is 1. The van der Waals surface area contributed by atoms with Crippen molar-refractivity contribution < 1.29 is 18.3 Å². The molecule has 0 aliphatic heterocycles. The number of carboxylic acid groups (broad SMARTS) is 1. The summed E-state index contributed by atoms with van der Waals surface area (Å²) >= 11 is 5.75. The first kappa shape index (κ1) is 16.0. The van der Waals surface area contributed by atoms with Crippen LogP contribution in [-0.2, 0) is 14.8 Å².